The molecule has 0 aliphatic heterocycles. The maximum atomic E-state index is 5.10. The van der Waals surface area contributed by atoms with E-state index in [1.165, 1.54) is 12.8 Å². The summed E-state index contributed by atoms with van der Waals surface area (Å²) in [6.07, 6.45) is 9.22. The molecule has 0 aliphatic carbocycles. The van der Waals surface area contributed by atoms with Crippen LogP contribution in [0, 0.1) is 6.58 Å². The van der Waals surface area contributed by atoms with Gasteiger partial charge in [0, 0.05) is 0 Å². The molecule has 0 atom stereocenters. The Morgan fingerprint density at radius 1 is 1.30 bits per heavy atom. The molecule has 0 bridgehead atoms. The van der Waals surface area contributed by atoms with E-state index in [0.29, 0.717) is 0 Å². The molecule has 0 nitrogen and oxygen atoms in total. The first-order valence-corrected chi connectivity index (χ1v) is 3.12. The molecule has 0 spiro atoms. The summed E-state index contributed by atoms with van der Waals surface area (Å²) in [4.78, 5) is 0. The Balaban J connectivity index is -0.000000245. The van der Waals surface area contributed by atoms with Crippen LogP contribution in [0.1, 0.15) is 26.2 Å². The summed E-state index contributed by atoms with van der Waals surface area (Å²) in [5, 5.41) is 0. The Morgan fingerprint density at radius 3 is 2.30 bits per heavy atom. The van der Waals surface area contributed by atoms with Crippen LogP contribution in [-0.2, 0) is 0 Å². The monoisotopic (exact) mass is 155 g/mol. The second kappa shape index (κ2) is 16.8. The fourth-order valence-electron chi connectivity index (χ4n) is 0.497. The Hall–Kier alpha value is 1.48. The third-order valence-electron chi connectivity index (χ3n) is 0.972. The predicted octanol–water partition coefficient (Wildman–Crippen LogP) is -3.27. The topological polar surface area (TPSA) is 0 Å². The first-order valence-electron chi connectivity index (χ1n) is 3.12. The molecular formula is C8H13Na2+. The number of rotatable bonds is 4. The fourth-order valence-corrected chi connectivity index (χ4v) is 0.497. The van der Waals surface area contributed by atoms with E-state index < -0.39 is 0 Å². The van der Waals surface area contributed by atoms with Crippen LogP contribution in [0.25, 0.3) is 0 Å². The largest absolute Gasteiger partial charge is 1.00 e. The molecular weight excluding hydrogens is 142 g/mol. The van der Waals surface area contributed by atoms with Crippen LogP contribution in [0.3, 0.4) is 0 Å². The van der Waals surface area contributed by atoms with Crippen LogP contribution >= 0.6 is 0 Å². The van der Waals surface area contributed by atoms with Crippen molar-refractivity contribution < 1.29 is 59.1 Å². The Bertz CT molecular complexity index is 77.3. The molecule has 0 saturated heterocycles. The van der Waals surface area contributed by atoms with Gasteiger partial charge in [0.25, 0.3) is 0 Å². The second-order valence-electron chi connectivity index (χ2n) is 1.76. The average molecular weight is 155 g/mol. The molecule has 0 aliphatic rings. The number of unbranched alkanes of at least 4 members (excludes halogenated alkanes) is 2. The van der Waals surface area contributed by atoms with Crippen LogP contribution < -0.4 is 59.1 Å². The zero-order chi connectivity index (χ0) is 6.24. The summed E-state index contributed by atoms with van der Waals surface area (Å²) in [5.41, 5.74) is 0. The van der Waals surface area contributed by atoms with Gasteiger partial charge in [-0.05, 0) is 0 Å². The van der Waals surface area contributed by atoms with Gasteiger partial charge in [-0.3, -0.25) is 6.58 Å². The van der Waals surface area contributed by atoms with E-state index in [9.17, 15) is 0 Å². The van der Waals surface area contributed by atoms with Gasteiger partial charge in [-0.25, -0.2) is 12.2 Å². The van der Waals surface area contributed by atoms with E-state index in [0.717, 1.165) is 6.42 Å². The van der Waals surface area contributed by atoms with Crippen molar-refractivity contribution >= 4 is 0 Å². The summed E-state index contributed by atoms with van der Waals surface area (Å²) < 4.78 is 0. The molecule has 46 valence electrons. The molecule has 0 aromatic heterocycles. The average Bonchev–Trinajstić information content (AvgIpc) is 1.81. The van der Waals surface area contributed by atoms with Crippen molar-refractivity contribution in [2.24, 2.45) is 0 Å². The van der Waals surface area contributed by atoms with Crippen LogP contribution in [0.2, 0.25) is 0 Å². The summed E-state index contributed by atoms with van der Waals surface area (Å²) in [7, 11) is 0. The smallest absolute Gasteiger partial charge is 0.293 e. The van der Waals surface area contributed by atoms with E-state index in [2.05, 4.69) is 13.0 Å². The van der Waals surface area contributed by atoms with E-state index in [1.54, 1.807) is 6.08 Å². The van der Waals surface area contributed by atoms with Crippen LogP contribution in [0.15, 0.2) is 18.2 Å². The molecule has 2 heteroatoms. The molecule has 0 fully saturated rings. The number of allylic oxidation sites excluding steroid dienone is 3. The Kier molecular flexibility index (Phi) is 29.5. The molecule has 10 heavy (non-hydrogen) atoms. The molecule has 0 aromatic rings. The molecule has 0 N–H and O–H groups in total. The summed E-state index contributed by atoms with van der Waals surface area (Å²) in [6, 6.07) is 0. The molecule has 0 radical (unpaired) electrons. The zero-order valence-electron chi connectivity index (χ0n) is 7.43. The first kappa shape index (κ1) is 17.5. The van der Waals surface area contributed by atoms with Crippen molar-refractivity contribution in [2.45, 2.75) is 26.2 Å². The third-order valence-corrected chi connectivity index (χ3v) is 0.972. The van der Waals surface area contributed by atoms with Gasteiger partial charge in [-0.2, -0.15) is 6.08 Å². The molecule has 0 amide bonds. The number of hydrogen-bond acceptors (Lipinski definition) is 0. The van der Waals surface area contributed by atoms with Crippen molar-refractivity contribution in [3.63, 3.8) is 0 Å². The van der Waals surface area contributed by atoms with Gasteiger partial charge in [0.1, 0.15) is 0 Å². The van der Waals surface area contributed by atoms with Crippen LogP contribution in [0.5, 0.6) is 0 Å². The molecule has 0 aromatic carbocycles. The zero-order valence-corrected chi connectivity index (χ0v) is 11.4. The van der Waals surface area contributed by atoms with Gasteiger partial charge >= 0.3 is 59.1 Å². The third kappa shape index (κ3) is 16.2. The Morgan fingerprint density at radius 2 is 1.90 bits per heavy atom. The minimum atomic E-state index is 0. The standard InChI is InChI=1S/C8H13.2Na/c1-3-5-7-8-6-4-2;;/h1,3,5,7H,4,6,8H2,2H3;;/q-1;2*+1. The van der Waals surface area contributed by atoms with Crippen molar-refractivity contribution in [3.05, 3.63) is 24.8 Å². The fraction of sp³-hybridized carbons (Fsp3) is 0.500. The Labute approximate surface area is 109 Å². The van der Waals surface area contributed by atoms with E-state index in [4.69, 9.17) is 6.58 Å². The van der Waals surface area contributed by atoms with Gasteiger partial charge < -0.3 is 0 Å². The minimum absolute atomic E-state index is 0. The molecule has 0 saturated carbocycles. The van der Waals surface area contributed by atoms with Crippen molar-refractivity contribution in [2.75, 3.05) is 0 Å². The van der Waals surface area contributed by atoms with E-state index in [1.807, 2.05) is 6.08 Å². The van der Waals surface area contributed by atoms with E-state index >= 15 is 0 Å². The summed E-state index contributed by atoms with van der Waals surface area (Å²) >= 11 is 0. The number of hydrogen-bond donors (Lipinski definition) is 0. The quantitative estimate of drug-likeness (QED) is 0.173. The summed E-state index contributed by atoms with van der Waals surface area (Å²) in [5.74, 6) is 0. The second-order valence-corrected chi connectivity index (χ2v) is 1.76. The van der Waals surface area contributed by atoms with Gasteiger partial charge in [0.2, 0.25) is 0 Å². The van der Waals surface area contributed by atoms with E-state index in [-0.39, 0.29) is 59.1 Å². The minimum Gasteiger partial charge on any atom is -0.293 e. The maximum Gasteiger partial charge on any atom is 1.00 e. The molecule has 0 rings (SSSR count). The van der Waals surface area contributed by atoms with Crippen LogP contribution in [0.4, 0.5) is 0 Å². The SMILES string of the molecule is [CH-]=CC=CCCCC.[Na+].[Na+]. The molecule has 0 heterocycles. The van der Waals surface area contributed by atoms with Crippen LogP contribution in [-0.4, -0.2) is 0 Å². The summed E-state index contributed by atoms with van der Waals surface area (Å²) in [6.45, 7) is 7.28. The van der Waals surface area contributed by atoms with Crippen molar-refractivity contribution in [1.82, 2.24) is 0 Å². The predicted molar refractivity (Wildman–Crippen MR) is 37.5 cm³/mol. The van der Waals surface area contributed by atoms with Gasteiger partial charge in [-0.15, -0.1) is 0 Å². The van der Waals surface area contributed by atoms with Gasteiger partial charge in [0.15, 0.2) is 0 Å². The normalized spacial score (nSPS) is 8.10. The maximum absolute atomic E-state index is 5.10. The molecule has 0 unspecified atom stereocenters. The van der Waals surface area contributed by atoms with Crippen molar-refractivity contribution in [3.8, 4) is 0 Å². The van der Waals surface area contributed by atoms with Crippen molar-refractivity contribution in [1.29, 1.82) is 0 Å². The van der Waals surface area contributed by atoms with Gasteiger partial charge in [0.05, 0.1) is 0 Å². The first-order chi connectivity index (χ1) is 3.91. The van der Waals surface area contributed by atoms with Gasteiger partial charge in [-0.1, -0.05) is 26.2 Å².